The van der Waals surface area contributed by atoms with Crippen molar-refractivity contribution in [2.45, 2.75) is 13.5 Å². The summed E-state index contributed by atoms with van der Waals surface area (Å²) in [6.45, 7) is 2.44. The minimum Gasteiger partial charge on any atom is -0.380 e. The Bertz CT molecular complexity index is 823. The number of hydrogen-bond acceptors (Lipinski definition) is 5. The van der Waals surface area contributed by atoms with Crippen LogP contribution in [0.25, 0.3) is 10.2 Å². The largest absolute Gasteiger partial charge is 0.380 e. The molecule has 0 radical (unpaired) electrons. The predicted octanol–water partition coefficient (Wildman–Crippen LogP) is 4.09. The van der Waals surface area contributed by atoms with Crippen LogP contribution in [-0.4, -0.2) is 25.0 Å². The fraction of sp³-hybridized carbons (Fsp3) is 0.250. The molecule has 1 amide bonds. The third-order valence-electron chi connectivity index (χ3n) is 3.41. The number of hydrogen-bond donors (Lipinski definition) is 0. The Morgan fingerprint density at radius 1 is 1.36 bits per heavy atom. The van der Waals surface area contributed by atoms with Gasteiger partial charge in [0.25, 0.3) is 5.91 Å². The highest BCUT2D eigenvalue weighted by molar-refractivity contribution is 7.18. The highest BCUT2D eigenvalue weighted by Crippen LogP contribution is 2.28. The van der Waals surface area contributed by atoms with Gasteiger partial charge in [-0.2, -0.15) is 0 Å². The van der Waals surface area contributed by atoms with E-state index in [2.05, 4.69) is 4.98 Å². The number of rotatable bonds is 4. The van der Waals surface area contributed by atoms with Gasteiger partial charge in [0.15, 0.2) is 0 Å². The summed E-state index contributed by atoms with van der Waals surface area (Å²) >= 11 is 3.09. The first-order valence-corrected chi connectivity index (χ1v) is 8.50. The number of nitrogens with zero attached hydrogens (tertiary/aromatic N) is 2. The molecule has 0 fully saturated rings. The highest BCUT2D eigenvalue weighted by Gasteiger charge is 2.19. The summed E-state index contributed by atoms with van der Waals surface area (Å²) in [5.74, 6) is -0.0114. The van der Waals surface area contributed by atoms with Crippen LogP contribution in [0.3, 0.4) is 0 Å². The summed E-state index contributed by atoms with van der Waals surface area (Å²) in [6.07, 6.45) is 0. The van der Waals surface area contributed by atoms with Gasteiger partial charge in [-0.25, -0.2) is 4.98 Å². The first-order chi connectivity index (χ1) is 10.6. The first-order valence-electron chi connectivity index (χ1n) is 6.80. The van der Waals surface area contributed by atoms with E-state index in [4.69, 9.17) is 4.74 Å². The van der Waals surface area contributed by atoms with Crippen molar-refractivity contribution in [3.05, 3.63) is 45.1 Å². The third-order valence-corrected chi connectivity index (χ3v) is 5.29. The molecule has 0 spiro atoms. The second-order valence-electron chi connectivity index (χ2n) is 4.96. The number of methoxy groups -OCH3 is 1. The van der Waals surface area contributed by atoms with E-state index < -0.39 is 0 Å². The lowest BCUT2D eigenvalue weighted by Crippen LogP contribution is -2.26. The number of carbonyl (C=O) groups excluding carboxylic acids is 1. The summed E-state index contributed by atoms with van der Waals surface area (Å²) in [6, 6.07) is 7.85. The van der Waals surface area contributed by atoms with Crippen LogP contribution in [0.4, 0.5) is 5.69 Å². The van der Waals surface area contributed by atoms with E-state index in [0.29, 0.717) is 6.61 Å². The van der Waals surface area contributed by atoms with E-state index in [1.165, 1.54) is 11.3 Å². The lowest BCUT2D eigenvalue weighted by molar-refractivity contribution is 0.0992. The Morgan fingerprint density at radius 3 is 2.95 bits per heavy atom. The lowest BCUT2D eigenvalue weighted by atomic mass is 10.2. The number of benzene rings is 1. The maximum absolute atomic E-state index is 12.7. The van der Waals surface area contributed by atoms with E-state index in [-0.39, 0.29) is 5.91 Å². The SMILES string of the molecule is COCc1ccsc1C(=O)N(C)c1ccc2nc(C)sc2c1. The number of amides is 1. The fourth-order valence-corrected chi connectivity index (χ4v) is 4.04. The van der Waals surface area contributed by atoms with Crippen LogP contribution >= 0.6 is 22.7 Å². The molecule has 0 N–H and O–H groups in total. The number of carbonyl (C=O) groups is 1. The molecule has 0 aliphatic heterocycles. The molecule has 3 aromatic rings. The van der Waals surface area contributed by atoms with Crippen molar-refractivity contribution in [1.29, 1.82) is 0 Å². The van der Waals surface area contributed by atoms with E-state index >= 15 is 0 Å². The zero-order valence-corrected chi connectivity index (χ0v) is 14.3. The number of thiophene rings is 1. The Balaban J connectivity index is 1.92. The number of aryl methyl sites for hydroxylation is 1. The molecule has 22 heavy (non-hydrogen) atoms. The van der Waals surface area contributed by atoms with Crippen molar-refractivity contribution in [2.24, 2.45) is 0 Å². The zero-order chi connectivity index (χ0) is 15.7. The van der Waals surface area contributed by atoms with Gasteiger partial charge in [0, 0.05) is 25.4 Å². The van der Waals surface area contributed by atoms with Gasteiger partial charge < -0.3 is 9.64 Å². The minimum absolute atomic E-state index is 0.0114. The van der Waals surface area contributed by atoms with E-state index in [9.17, 15) is 4.79 Å². The van der Waals surface area contributed by atoms with Crippen molar-refractivity contribution < 1.29 is 9.53 Å². The number of anilines is 1. The van der Waals surface area contributed by atoms with Crippen LogP contribution in [0.1, 0.15) is 20.2 Å². The molecule has 6 heteroatoms. The summed E-state index contributed by atoms with van der Waals surface area (Å²) in [5, 5.41) is 2.95. The summed E-state index contributed by atoms with van der Waals surface area (Å²) in [4.78, 5) is 19.6. The van der Waals surface area contributed by atoms with E-state index in [1.54, 1.807) is 30.4 Å². The molecular weight excluding hydrogens is 316 g/mol. The van der Waals surface area contributed by atoms with Gasteiger partial charge in [0.2, 0.25) is 0 Å². The van der Waals surface area contributed by atoms with Crippen LogP contribution in [0.15, 0.2) is 29.6 Å². The number of ether oxygens (including phenoxy) is 1. The fourth-order valence-electron chi connectivity index (χ4n) is 2.30. The Hall–Kier alpha value is -1.76. The van der Waals surface area contributed by atoms with Gasteiger partial charge in [-0.05, 0) is 36.6 Å². The molecule has 0 saturated carbocycles. The normalized spacial score (nSPS) is 11.0. The van der Waals surface area contributed by atoms with Gasteiger partial charge in [-0.15, -0.1) is 22.7 Å². The van der Waals surface area contributed by atoms with Crippen molar-refractivity contribution in [3.63, 3.8) is 0 Å². The third kappa shape index (κ3) is 2.77. The van der Waals surface area contributed by atoms with Gasteiger partial charge in [-0.1, -0.05) is 0 Å². The van der Waals surface area contributed by atoms with Crippen molar-refractivity contribution >= 4 is 44.5 Å². The predicted molar refractivity (Wildman–Crippen MR) is 92.1 cm³/mol. The lowest BCUT2D eigenvalue weighted by Gasteiger charge is -2.17. The van der Waals surface area contributed by atoms with Crippen molar-refractivity contribution in [2.75, 3.05) is 19.1 Å². The van der Waals surface area contributed by atoms with E-state index in [0.717, 1.165) is 31.4 Å². The van der Waals surface area contributed by atoms with Crippen LogP contribution in [-0.2, 0) is 11.3 Å². The van der Waals surface area contributed by atoms with Crippen LogP contribution in [0, 0.1) is 6.92 Å². The van der Waals surface area contributed by atoms with Gasteiger partial charge >= 0.3 is 0 Å². The average Bonchev–Trinajstić information content (AvgIpc) is 3.10. The highest BCUT2D eigenvalue weighted by atomic mass is 32.1. The second kappa shape index (κ2) is 6.16. The van der Waals surface area contributed by atoms with Gasteiger partial charge in [-0.3, -0.25) is 4.79 Å². The van der Waals surface area contributed by atoms with Crippen LogP contribution < -0.4 is 4.90 Å². The average molecular weight is 332 g/mol. The molecule has 0 atom stereocenters. The standard InChI is InChI=1S/C16H16N2O2S2/c1-10-17-13-5-4-12(8-14(13)22-10)18(2)16(19)15-11(9-20-3)6-7-21-15/h4-8H,9H2,1-3H3. The summed E-state index contributed by atoms with van der Waals surface area (Å²) in [7, 11) is 3.43. The molecule has 0 aliphatic carbocycles. The Labute approximate surface area is 137 Å². The molecule has 0 saturated heterocycles. The zero-order valence-electron chi connectivity index (χ0n) is 12.6. The first kappa shape index (κ1) is 15.1. The molecule has 0 unspecified atom stereocenters. The van der Waals surface area contributed by atoms with Crippen LogP contribution in [0.2, 0.25) is 0 Å². The number of fused-ring (bicyclic) bond motifs is 1. The van der Waals surface area contributed by atoms with E-state index in [1.807, 2.05) is 36.6 Å². The monoisotopic (exact) mass is 332 g/mol. The molecule has 2 heterocycles. The molecule has 4 nitrogen and oxygen atoms in total. The van der Waals surface area contributed by atoms with Gasteiger partial charge in [0.05, 0.1) is 26.7 Å². The topological polar surface area (TPSA) is 42.4 Å². The molecular formula is C16H16N2O2S2. The number of aromatic nitrogens is 1. The summed E-state index contributed by atoms with van der Waals surface area (Å²) in [5.41, 5.74) is 2.78. The molecule has 3 rings (SSSR count). The quantitative estimate of drug-likeness (QED) is 0.723. The molecule has 0 aliphatic rings. The van der Waals surface area contributed by atoms with Crippen LogP contribution in [0.5, 0.6) is 0 Å². The summed E-state index contributed by atoms with van der Waals surface area (Å²) < 4.78 is 6.25. The molecule has 1 aromatic carbocycles. The van der Waals surface area contributed by atoms with Crippen molar-refractivity contribution in [3.8, 4) is 0 Å². The maximum atomic E-state index is 12.7. The molecule has 2 aromatic heterocycles. The second-order valence-corrected chi connectivity index (χ2v) is 7.11. The maximum Gasteiger partial charge on any atom is 0.268 e. The Kier molecular flexibility index (Phi) is 4.24. The minimum atomic E-state index is -0.0114. The Morgan fingerprint density at radius 2 is 2.18 bits per heavy atom. The molecule has 0 bridgehead atoms. The van der Waals surface area contributed by atoms with Gasteiger partial charge in [0.1, 0.15) is 0 Å². The molecule has 114 valence electrons. The smallest absolute Gasteiger partial charge is 0.268 e. The number of thiazole rings is 1. The van der Waals surface area contributed by atoms with Crippen molar-refractivity contribution in [1.82, 2.24) is 4.98 Å².